The normalized spacial score (nSPS) is 14.2. The Hall–Kier alpha value is -2.29. The molecule has 1 amide bonds. The first-order valence-electron chi connectivity index (χ1n) is 7.85. The molecule has 3 heteroatoms. The molecule has 2 aromatic carbocycles. The van der Waals surface area contributed by atoms with Gasteiger partial charge in [0.15, 0.2) is 0 Å². The smallest absolute Gasteiger partial charge is 0.258 e. The quantitative estimate of drug-likeness (QED) is 0.858. The number of benzene rings is 2. The molecule has 0 saturated carbocycles. The van der Waals surface area contributed by atoms with E-state index in [0.717, 1.165) is 29.9 Å². The average Bonchev–Trinajstić information content (AvgIpc) is 3.09. The van der Waals surface area contributed by atoms with Gasteiger partial charge in [0.2, 0.25) is 0 Å². The van der Waals surface area contributed by atoms with Gasteiger partial charge in [-0.05, 0) is 55.7 Å². The molecule has 22 heavy (non-hydrogen) atoms. The van der Waals surface area contributed by atoms with E-state index in [0.29, 0.717) is 0 Å². The molecule has 0 N–H and O–H groups in total. The molecule has 0 atom stereocenters. The van der Waals surface area contributed by atoms with E-state index in [1.165, 1.54) is 18.5 Å². The van der Waals surface area contributed by atoms with E-state index >= 15 is 0 Å². The Bertz CT molecular complexity index is 657. The van der Waals surface area contributed by atoms with Gasteiger partial charge in [-0.25, -0.2) is 0 Å². The highest BCUT2D eigenvalue weighted by Crippen LogP contribution is 2.24. The Kier molecular flexibility index (Phi) is 4.14. The lowest BCUT2D eigenvalue weighted by Crippen LogP contribution is -2.27. The third kappa shape index (κ3) is 2.84. The Morgan fingerprint density at radius 3 is 2.27 bits per heavy atom. The van der Waals surface area contributed by atoms with Crippen LogP contribution in [-0.4, -0.2) is 26.0 Å². The molecule has 0 aliphatic carbocycles. The first-order valence-corrected chi connectivity index (χ1v) is 7.85. The molecular formula is C19H22N2O. The third-order valence-electron chi connectivity index (χ3n) is 4.39. The molecule has 2 aromatic rings. The molecule has 1 aliphatic heterocycles. The van der Waals surface area contributed by atoms with Crippen LogP contribution in [0.25, 0.3) is 0 Å². The molecule has 1 fully saturated rings. The number of rotatable bonds is 3. The zero-order chi connectivity index (χ0) is 15.5. The molecule has 1 saturated heterocycles. The second-order valence-corrected chi connectivity index (χ2v) is 5.89. The fourth-order valence-corrected chi connectivity index (χ4v) is 2.97. The number of amides is 1. The summed E-state index contributed by atoms with van der Waals surface area (Å²) in [6.07, 6.45) is 2.54. The van der Waals surface area contributed by atoms with Gasteiger partial charge in [-0.2, -0.15) is 0 Å². The Morgan fingerprint density at radius 1 is 1.00 bits per heavy atom. The van der Waals surface area contributed by atoms with Gasteiger partial charge in [-0.15, -0.1) is 0 Å². The lowest BCUT2D eigenvalue weighted by Gasteiger charge is -2.21. The van der Waals surface area contributed by atoms with E-state index in [4.69, 9.17) is 0 Å². The number of carbonyl (C=O) groups excluding carboxylic acids is 1. The van der Waals surface area contributed by atoms with Crippen molar-refractivity contribution in [3.63, 3.8) is 0 Å². The van der Waals surface area contributed by atoms with Gasteiger partial charge >= 0.3 is 0 Å². The lowest BCUT2D eigenvalue weighted by atomic mass is 10.1. The van der Waals surface area contributed by atoms with Crippen LogP contribution in [0, 0.1) is 6.92 Å². The Balaban J connectivity index is 1.78. The van der Waals surface area contributed by atoms with Gasteiger partial charge in [-0.1, -0.05) is 18.2 Å². The van der Waals surface area contributed by atoms with E-state index in [-0.39, 0.29) is 5.91 Å². The monoisotopic (exact) mass is 294 g/mol. The molecule has 114 valence electrons. The third-order valence-corrected chi connectivity index (χ3v) is 4.39. The lowest BCUT2D eigenvalue weighted by molar-refractivity contribution is 0.0992. The van der Waals surface area contributed by atoms with Gasteiger partial charge in [0.25, 0.3) is 5.91 Å². The van der Waals surface area contributed by atoms with Crippen LogP contribution in [0.5, 0.6) is 0 Å². The highest BCUT2D eigenvalue weighted by Gasteiger charge is 2.16. The first-order chi connectivity index (χ1) is 10.7. The van der Waals surface area contributed by atoms with Crippen LogP contribution in [0.15, 0.2) is 48.5 Å². The van der Waals surface area contributed by atoms with Crippen LogP contribution in [-0.2, 0) is 0 Å². The summed E-state index contributed by atoms with van der Waals surface area (Å²) in [5.74, 6) is 0.0343. The van der Waals surface area contributed by atoms with Crippen molar-refractivity contribution in [1.29, 1.82) is 0 Å². The molecule has 1 heterocycles. The predicted molar refractivity (Wildman–Crippen MR) is 91.8 cm³/mol. The fourth-order valence-electron chi connectivity index (χ4n) is 2.97. The van der Waals surface area contributed by atoms with Crippen molar-refractivity contribution in [2.75, 3.05) is 29.9 Å². The largest absolute Gasteiger partial charge is 0.372 e. The molecule has 0 spiro atoms. The van der Waals surface area contributed by atoms with E-state index in [1.807, 2.05) is 50.4 Å². The standard InChI is InChI=1S/C19H22N2O/c1-15-7-3-4-8-18(15)19(22)20(2)16-9-11-17(12-10-16)21-13-5-6-14-21/h3-4,7-12H,5-6,13-14H2,1-2H3. The van der Waals surface area contributed by atoms with Crippen LogP contribution in [0.2, 0.25) is 0 Å². The predicted octanol–water partition coefficient (Wildman–Crippen LogP) is 3.87. The molecule has 0 bridgehead atoms. The number of hydrogen-bond acceptors (Lipinski definition) is 2. The van der Waals surface area contributed by atoms with Crippen LogP contribution in [0.3, 0.4) is 0 Å². The summed E-state index contributed by atoms with van der Waals surface area (Å²) in [4.78, 5) is 16.7. The molecule has 0 radical (unpaired) electrons. The van der Waals surface area contributed by atoms with E-state index < -0.39 is 0 Å². The van der Waals surface area contributed by atoms with E-state index in [2.05, 4.69) is 17.0 Å². The number of hydrogen-bond donors (Lipinski definition) is 0. The van der Waals surface area contributed by atoms with Crippen LogP contribution >= 0.6 is 0 Å². The summed E-state index contributed by atoms with van der Waals surface area (Å²) >= 11 is 0. The van der Waals surface area contributed by atoms with Crippen LogP contribution in [0.1, 0.15) is 28.8 Å². The Morgan fingerprint density at radius 2 is 1.64 bits per heavy atom. The van der Waals surface area contributed by atoms with Crippen molar-refractivity contribution in [3.8, 4) is 0 Å². The zero-order valence-electron chi connectivity index (χ0n) is 13.2. The molecule has 1 aliphatic rings. The summed E-state index contributed by atoms with van der Waals surface area (Å²) in [5, 5.41) is 0. The minimum absolute atomic E-state index is 0.0343. The zero-order valence-corrected chi connectivity index (χ0v) is 13.2. The summed E-state index contributed by atoms with van der Waals surface area (Å²) in [5.41, 5.74) is 3.94. The molecule has 3 nitrogen and oxygen atoms in total. The minimum atomic E-state index is 0.0343. The SMILES string of the molecule is Cc1ccccc1C(=O)N(C)c1ccc(N2CCCC2)cc1. The van der Waals surface area contributed by atoms with Gasteiger partial charge in [-0.3, -0.25) is 4.79 Å². The molecule has 0 aromatic heterocycles. The minimum Gasteiger partial charge on any atom is -0.372 e. The van der Waals surface area contributed by atoms with Crippen molar-refractivity contribution in [1.82, 2.24) is 0 Å². The van der Waals surface area contributed by atoms with Crippen molar-refractivity contribution in [2.24, 2.45) is 0 Å². The van der Waals surface area contributed by atoms with Crippen LogP contribution in [0.4, 0.5) is 11.4 Å². The summed E-state index contributed by atoms with van der Waals surface area (Å²) in [6.45, 7) is 4.24. The number of aryl methyl sites for hydroxylation is 1. The second kappa shape index (κ2) is 6.22. The Labute approximate surface area is 132 Å². The topological polar surface area (TPSA) is 23.6 Å². The molecule has 3 rings (SSSR count). The van der Waals surface area contributed by atoms with Crippen LogP contribution < -0.4 is 9.80 Å². The maximum absolute atomic E-state index is 12.6. The molecule has 0 unspecified atom stereocenters. The maximum atomic E-state index is 12.6. The first kappa shape index (κ1) is 14.6. The van der Waals surface area contributed by atoms with Crippen molar-refractivity contribution < 1.29 is 4.79 Å². The van der Waals surface area contributed by atoms with E-state index in [1.54, 1.807) is 4.90 Å². The van der Waals surface area contributed by atoms with Crippen molar-refractivity contribution in [2.45, 2.75) is 19.8 Å². The van der Waals surface area contributed by atoms with Crippen molar-refractivity contribution >= 4 is 17.3 Å². The average molecular weight is 294 g/mol. The van der Waals surface area contributed by atoms with Gasteiger partial charge in [0, 0.05) is 37.1 Å². The summed E-state index contributed by atoms with van der Waals surface area (Å²) in [6, 6.07) is 16.0. The second-order valence-electron chi connectivity index (χ2n) is 5.89. The number of anilines is 2. The van der Waals surface area contributed by atoms with E-state index in [9.17, 15) is 4.79 Å². The van der Waals surface area contributed by atoms with Crippen molar-refractivity contribution in [3.05, 3.63) is 59.7 Å². The number of nitrogens with zero attached hydrogens (tertiary/aromatic N) is 2. The summed E-state index contributed by atoms with van der Waals surface area (Å²) in [7, 11) is 1.83. The van der Waals surface area contributed by atoms with Gasteiger partial charge in [0.1, 0.15) is 0 Å². The van der Waals surface area contributed by atoms with Gasteiger partial charge < -0.3 is 9.80 Å². The number of carbonyl (C=O) groups is 1. The summed E-state index contributed by atoms with van der Waals surface area (Å²) < 4.78 is 0. The maximum Gasteiger partial charge on any atom is 0.258 e. The van der Waals surface area contributed by atoms with Gasteiger partial charge in [0.05, 0.1) is 0 Å². The highest BCUT2D eigenvalue weighted by atomic mass is 16.2. The fraction of sp³-hybridized carbons (Fsp3) is 0.316. The molecular weight excluding hydrogens is 272 g/mol. The highest BCUT2D eigenvalue weighted by molar-refractivity contribution is 6.06.